The van der Waals surface area contributed by atoms with Gasteiger partial charge in [-0.15, -0.1) is 0 Å². The van der Waals surface area contributed by atoms with Crippen molar-refractivity contribution >= 4 is 0 Å². The maximum atomic E-state index is 3.81. The van der Waals surface area contributed by atoms with E-state index < -0.39 is 0 Å². The van der Waals surface area contributed by atoms with E-state index in [0.29, 0.717) is 0 Å². The van der Waals surface area contributed by atoms with Crippen LogP contribution in [-0.4, -0.2) is 24.7 Å². The van der Waals surface area contributed by atoms with Crippen LogP contribution in [0.2, 0.25) is 0 Å². The minimum absolute atomic E-state index is 0.845. The molecule has 1 saturated carbocycles. The van der Waals surface area contributed by atoms with E-state index in [4.69, 9.17) is 0 Å². The first-order chi connectivity index (χ1) is 7.42. The Balaban J connectivity index is 1.42. The van der Waals surface area contributed by atoms with Crippen molar-refractivity contribution in [1.29, 1.82) is 0 Å². The highest BCUT2D eigenvalue weighted by molar-refractivity contribution is 4.98. The normalized spacial score (nSPS) is 41.2. The molecule has 1 aliphatic carbocycles. The molecule has 3 fully saturated rings. The van der Waals surface area contributed by atoms with Crippen molar-refractivity contribution in [3.63, 3.8) is 0 Å². The monoisotopic (exact) mass is 208 g/mol. The first-order valence-electron chi connectivity index (χ1n) is 6.91. The number of nitrogens with one attached hydrogen (secondary N) is 2. The molecule has 0 spiro atoms. The summed E-state index contributed by atoms with van der Waals surface area (Å²) in [5.41, 5.74) is 0. The van der Waals surface area contributed by atoms with Gasteiger partial charge < -0.3 is 10.6 Å². The Kier molecular flexibility index (Phi) is 2.98. The molecule has 86 valence electrons. The quantitative estimate of drug-likeness (QED) is 0.742. The van der Waals surface area contributed by atoms with Gasteiger partial charge in [0.25, 0.3) is 0 Å². The number of fused-ring (bicyclic) bond motifs is 2. The molecule has 3 unspecified atom stereocenters. The van der Waals surface area contributed by atoms with Gasteiger partial charge in [-0.25, -0.2) is 0 Å². The van der Waals surface area contributed by atoms with Gasteiger partial charge in [0.05, 0.1) is 0 Å². The summed E-state index contributed by atoms with van der Waals surface area (Å²) in [4.78, 5) is 0. The lowest BCUT2D eigenvalue weighted by molar-refractivity contribution is 0.319. The van der Waals surface area contributed by atoms with E-state index in [1.54, 1.807) is 0 Å². The van der Waals surface area contributed by atoms with Gasteiger partial charge in [0, 0.05) is 18.1 Å². The molecule has 2 heteroatoms. The molecule has 3 atom stereocenters. The van der Waals surface area contributed by atoms with Crippen LogP contribution in [0.1, 0.15) is 51.4 Å². The van der Waals surface area contributed by atoms with Crippen molar-refractivity contribution in [3.8, 4) is 0 Å². The van der Waals surface area contributed by atoms with Crippen molar-refractivity contribution in [2.75, 3.05) is 6.54 Å². The zero-order valence-electron chi connectivity index (χ0n) is 9.67. The molecule has 0 aromatic rings. The number of hydrogen-bond acceptors (Lipinski definition) is 2. The van der Waals surface area contributed by atoms with Gasteiger partial charge >= 0.3 is 0 Å². The first kappa shape index (κ1) is 10.1. The van der Waals surface area contributed by atoms with Crippen molar-refractivity contribution in [3.05, 3.63) is 0 Å². The summed E-state index contributed by atoms with van der Waals surface area (Å²) in [6.45, 7) is 1.28. The summed E-state index contributed by atoms with van der Waals surface area (Å²) in [6, 6.07) is 2.57. The lowest BCUT2D eigenvalue weighted by Gasteiger charge is -2.27. The molecule has 2 heterocycles. The second-order valence-electron chi connectivity index (χ2n) is 5.79. The standard InChI is InChI=1S/C13H24N2/c1-2-4-11(5-3-1)14-9-10-8-12-6-7-13(10)15-12/h10-15H,1-9H2. The third-order valence-corrected chi connectivity index (χ3v) is 4.71. The molecule has 2 aliphatic heterocycles. The predicted octanol–water partition coefficient (Wildman–Crippen LogP) is 2.05. The van der Waals surface area contributed by atoms with Gasteiger partial charge in [-0.3, -0.25) is 0 Å². The lowest BCUT2D eigenvalue weighted by Crippen LogP contribution is -2.38. The predicted molar refractivity (Wildman–Crippen MR) is 62.9 cm³/mol. The Bertz CT molecular complexity index is 211. The van der Waals surface area contributed by atoms with E-state index in [1.165, 1.54) is 57.9 Å². The molecule has 0 radical (unpaired) electrons. The maximum absolute atomic E-state index is 3.81. The smallest absolute Gasteiger partial charge is 0.0111 e. The molecule has 3 rings (SSSR count). The number of hydrogen-bond donors (Lipinski definition) is 2. The first-order valence-corrected chi connectivity index (χ1v) is 6.91. The molecular weight excluding hydrogens is 184 g/mol. The highest BCUT2D eigenvalue weighted by Gasteiger charge is 2.38. The maximum Gasteiger partial charge on any atom is 0.0111 e. The second-order valence-corrected chi connectivity index (χ2v) is 5.79. The minimum Gasteiger partial charge on any atom is -0.314 e. The Morgan fingerprint density at radius 1 is 1.00 bits per heavy atom. The van der Waals surface area contributed by atoms with Crippen LogP contribution in [0.15, 0.2) is 0 Å². The van der Waals surface area contributed by atoms with Crippen LogP contribution in [-0.2, 0) is 0 Å². The average molecular weight is 208 g/mol. The third kappa shape index (κ3) is 2.21. The molecule has 0 aromatic heterocycles. The molecule has 0 aromatic carbocycles. The van der Waals surface area contributed by atoms with Crippen LogP contribution in [0.25, 0.3) is 0 Å². The van der Waals surface area contributed by atoms with E-state index >= 15 is 0 Å². The van der Waals surface area contributed by atoms with Gasteiger partial charge in [-0.1, -0.05) is 19.3 Å². The Morgan fingerprint density at radius 2 is 1.87 bits per heavy atom. The molecule has 2 bridgehead atoms. The molecule has 2 N–H and O–H groups in total. The fraction of sp³-hybridized carbons (Fsp3) is 1.00. The van der Waals surface area contributed by atoms with Crippen LogP contribution in [0.5, 0.6) is 0 Å². The van der Waals surface area contributed by atoms with E-state index in [0.717, 1.165) is 24.0 Å². The van der Waals surface area contributed by atoms with Crippen LogP contribution in [0, 0.1) is 5.92 Å². The Labute approximate surface area is 93.2 Å². The van der Waals surface area contributed by atoms with E-state index in [9.17, 15) is 0 Å². The van der Waals surface area contributed by atoms with Gasteiger partial charge in [0.1, 0.15) is 0 Å². The molecule has 3 aliphatic rings. The topological polar surface area (TPSA) is 24.1 Å². The zero-order valence-corrected chi connectivity index (χ0v) is 9.67. The van der Waals surface area contributed by atoms with Crippen molar-refractivity contribution in [1.82, 2.24) is 10.6 Å². The average Bonchev–Trinajstić information content (AvgIpc) is 2.89. The fourth-order valence-electron chi connectivity index (χ4n) is 3.79. The summed E-state index contributed by atoms with van der Waals surface area (Å²) < 4.78 is 0. The SMILES string of the molecule is C1CCC(NCC2CC3CCC2N3)CC1. The molecule has 2 nitrogen and oxygen atoms in total. The molecule has 15 heavy (non-hydrogen) atoms. The highest BCUT2D eigenvalue weighted by atomic mass is 15.1. The van der Waals surface area contributed by atoms with Crippen molar-refractivity contribution in [2.24, 2.45) is 5.92 Å². The van der Waals surface area contributed by atoms with E-state index in [-0.39, 0.29) is 0 Å². The second kappa shape index (κ2) is 4.42. The number of rotatable bonds is 3. The van der Waals surface area contributed by atoms with Gasteiger partial charge in [0.2, 0.25) is 0 Å². The lowest BCUT2D eigenvalue weighted by atomic mass is 9.88. The van der Waals surface area contributed by atoms with E-state index in [2.05, 4.69) is 10.6 Å². The van der Waals surface area contributed by atoms with Crippen molar-refractivity contribution in [2.45, 2.75) is 69.5 Å². The fourth-order valence-corrected chi connectivity index (χ4v) is 3.79. The third-order valence-electron chi connectivity index (χ3n) is 4.71. The molecular formula is C13H24N2. The Morgan fingerprint density at radius 3 is 2.53 bits per heavy atom. The summed E-state index contributed by atoms with van der Waals surface area (Å²) >= 11 is 0. The van der Waals surface area contributed by atoms with Gasteiger partial charge in [-0.05, 0) is 44.6 Å². The summed E-state index contributed by atoms with van der Waals surface area (Å²) in [5.74, 6) is 0.936. The summed E-state index contributed by atoms with van der Waals surface area (Å²) in [7, 11) is 0. The van der Waals surface area contributed by atoms with Crippen LogP contribution in [0.4, 0.5) is 0 Å². The summed E-state index contributed by atoms with van der Waals surface area (Å²) in [5, 5.41) is 7.53. The van der Waals surface area contributed by atoms with Crippen LogP contribution in [0.3, 0.4) is 0 Å². The van der Waals surface area contributed by atoms with Gasteiger partial charge in [0.15, 0.2) is 0 Å². The molecule has 2 saturated heterocycles. The minimum atomic E-state index is 0.845. The zero-order chi connectivity index (χ0) is 10.1. The summed E-state index contributed by atoms with van der Waals surface area (Å²) in [6.07, 6.45) is 11.5. The van der Waals surface area contributed by atoms with Crippen molar-refractivity contribution < 1.29 is 0 Å². The largest absolute Gasteiger partial charge is 0.314 e. The van der Waals surface area contributed by atoms with Crippen LogP contribution >= 0.6 is 0 Å². The Hall–Kier alpha value is -0.0800. The van der Waals surface area contributed by atoms with Crippen LogP contribution < -0.4 is 10.6 Å². The highest BCUT2D eigenvalue weighted by Crippen LogP contribution is 2.33. The van der Waals surface area contributed by atoms with E-state index in [1.807, 2.05) is 0 Å². The van der Waals surface area contributed by atoms with Gasteiger partial charge in [-0.2, -0.15) is 0 Å². The molecule has 0 amide bonds.